The van der Waals surface area contributed by atoms with Crippen LogP contribution in [0.1, 0.15) is 50.3 Å². The summed E-state index contributed by atoms with van der Waals surface area (Å²) in [6.07, 6.45) is 2.79. The van der Waals surface area contributed by atoms with Gasteiger partial charge in [-0.3, -0.25) is 4.79 Å². The van der Waals surface area contributed by atoms with Crippen LogP contribution in [0.5, 0.6) is 0 Å². The standard InChI is InChI=1S/C17H24O3/c1-3-11-5-7-13(8-6-11)16(18)14-9-12(4-2)10-15(14)17(19)20/h5-8,12,14-16,18H,3-4,9-10H2,1-2H3,(H,19,20). The fourth-order valence-corrected chi connectivity index (χ4v) is 3.34. The predicted octanol–water partition coefficient (Wildman–Crippen LogP) is 3.42. The van der Waals surface area contributed by atoms with E-state index < -0.39 is 18.0 Å². The van der Waals surface area contributed by atoms with Crippen molar-refractivity contribution in [2.45, 2.75) is 45.6 Å². The Labute approximate surface area is 120 Å². The van der Waals surface area contributed by atoms with Crippen molar-refractivity contribution >= 4 is 5.97 Å². The van der Waals surface area contributed by atoms with Crippen molar-refractivity contribution in [2.24, 2.45) is 17.8 Å². The molecule has 1 saturated carbocycles. The summed E-state index contributed by atoms with van der Waals surface area (Å²) in [6, 6.07) is 7.89. The van der Waals surface area contributed by atoms with Crippen LogP contribution in [0.25, 0.3) is 0 Å². The van der Waals surface area contributed by atoms with E-state index in [1.807, 2.05) is 24.3 Å². The zero-order valence-corrected chi connectivity index (χ0v) is 12.2. The van der Waals surface area contributed by atoms with E-state index in [0.29, 0.717) is 12.3 Å². The number of aliphatic hydroxyl groups excluding tert-OH is 1. The largest absolute Gasteiger partial charge is 0.481 e. The van der Waals surface area contributed by atoms with Crippen LogP contribution < -0.4 is 0 Å². The predicted molar refractivity (Wildman–Crippen MR) is 78.4 cm³/mol. The molecule has 0 saturated heterocycles. The highest BCUT2D eigenvalue weighted by Gasteiger charge is 2.42. The molecule has 3 heteroatoms. The Morgan fingerprint density at radius 2 is 1.90 bits per heavy atom. The van der Waals surface area contributed by atoms with Gasteiger partial charge in [0, 0.05) is 5.92 Å². The number of aliphatic hydroxyl groups is 1. The van der Waals surface area contributed by atoms with Crippen LogP contribution in [0.4, 0.5) is 0 Å². The highest BCUT2D eigenvalue weighted by molar-refractivity contribution is 5.71. The molecule has 4 unspecified atom stereocenters. The average molecular weight is 276 g/mol. The second-order valence-electron chi connectivity index (χ2n) is 5.89. The molecule has 20 heavy (non-hydrogen) atoms. The molecule has 3 nitrogen and oxygen atoms in total. The van der Waals surface area contributed by atoms with Crippen molar-refractivity contribution in [1.82, 2.24) is 0 Å². The molecular formula is C17H24O3. The number of carboxylic acids is 1. The SMILES string of the molecule is CCc1ccc(C(O)C2CC(CC)CC2C(=O)O)cc1. The number of hydrogen-bond acceptors (Lipinski definition) is 2. The lowest BCUT2D eigenvalue weighted by Crippen LogP contribution is -2.23. The first kappa shape index (κ1) is 15.0. The molecule has 2 rings (SSSR count). The van der Waals surface area contributed by atoms with Crippen molar-refractivity contribution in [1.29, 1.82) is 0 Å². The zero-order valence-electron chi connectivity index (χ0n) is 12.2. The number of carboxylic acid groups (broad SMARTS) is 1. The molecule has 1 aromatic rings. The average Bonchev–Trinajstić information content (AvgIpc) is 2.91. The molecule has 0 aliphatic heterocycles. The monoisotopic (exact) mass is 276 g/mol. The van der Waals surface area contributed by atoms with Gasteiger partial charge in [-0.05, 0) is 36.3 Å². The van der Waals surface area contributed by atoms with Gasteiger partial charge in [0.15, 0.2) is 0 Å². The molecule has 4 atom stereocenters. The fraction of sp³-hybridized carbons (Fsp3) is 0.588. The van der Waals surface area contributed by atoms with E-state index in [1.54, 1.807) is 0 Å². The number of hydrogen-bond donors (Lipinski definition) is 2. The molecule has 1 aliphatic carbocycles. The van der Waals surface area contributed by atoms with Crippen molar-refractivity contribution in [3.8, 4) is 0 Å². The van der Waals surface area contributed by atoms with E-state index in [4.69, 9.17) is 0 Å². The highest BCUT2D eigenvalue weighted by Crippen LogP contribution is 2.44. The molecule has 110 valence electrons. The fourth-order valence-electron chi connectivity index (χ4n) is 3.34. The minimum absolute atomic E-state index is 0.162. The van der Waals surface area contributed by atoms with Gasteiger partial charge in [0.25, 0.3) is 0 Å². The van der Waals surface area contributed by atoms with Crippen LogP contribution in [0.15, 0.2) is 24.3 Å². The van der Waals surface area contributed by atoms with E-state index in [9.17, 15) is 15.0 Å². The second-order valence-corrected chi connectivity index (χ2v) is 5.89. The summed E-state index contributed by atoms with van der Waals surface area (Å²) in [6.45, 7) is 4.18. The van der Waals surface area contributed by atoms with Crippen LogP contribution in [-0.2, 0) is 11.2 Å². The van der Waals surface area contributed by atoms with E-state index in [2.05, 4.69) is 13.8 Å². The molecule has 0 amide bonds. The summed E-state index contributed by atoms with van der Waals surface area (Å²) in [5.74, 6) is -0.924. The summed E-state index contributed by atoms with van der Waals surface area (Å²) < 4.78 is 0. The third kappa shape index (κ3) is 3.04. The number of carbonyl (C=O) groups is 1. The lowest BCUT2D eigenvalue weighted by molar-refractivity contribution is -0.144. The summed E-state index contributed by atoms with van der Waals surface area (Å²) in [5, 5.41) is 19.9. The van der Waals surface area contributed by atoms with Crippen molar-refractivity contribution in [2.75, 3.05) is 0 Å². The second kappa shape index (κ2) is 6.40. The quantitative estimate of drug-likeness (QED) is 0.866. The molecule has 0 radical (unpaired) electrons. The molecule has 0 heterocycles. The molecule has 1 aliphatic rings. The maximum Gasteiger partial charge on any atom is 0.306 e. The molecule has 1 aromatic carbocycles. The van der Waals surface area contributed by atoms with Crippen molar-refractivity contribution < 1.29 is 15.0 Å². The van der Waals surface area contributed by atoms with Gasteiger partial charge in [-0.1, -0.05) is 44.5 Å². The maximum atomic E-state index is 11.4. The Hall–Kier alpha value is -1.35. The molecular weight excluding hydrogens is 252 g/mol. The molecule has 0 aromatic heterocycles. The minimum Gasteiger partial charge on any atom is -0.481 e. The third-order valence-electron chi connectivity index (χ3n) is 4.74. The third-order valence-corrected chi connectivity index (χ3v) is 4.74. The number of rotatable bonds is 5. The van der Waals surface area contributed by atoms with Crippen LogP contribution in [0, 0.1) is 17.8 Å². The Balaban J connectivity index is 2.17. The first-order valence-electron chi connectivity index (χ1n) is 7.56. The zero-order chi connectivity index (χ0) is 14.7. The maximum absolute atomic E-state index is 11.4. The minimum atomic E-state index is -0.768. The van der Waals surface area contributed by atoms with Gasteiger partial charge in [-0.15, -0.1) is 0 Å². The summed E-state index contributed by atoms with van der Waals surface area (Å²) in [7, 11) is 0. The van der Waals surface area contributed by atoms with Gasteiger partial charge < -0.3 is 10.2 Å². The van der Waals surface area contributed by atoms with Gasteiger partial charge in [0.05, 0.1) is 12.0 Å². The van der Waals surface area contributed by atoms with Crippen LogP contribution in [0.3, 0.4) is 0 Å². The lowest BCUT2D eigenvalue weighted by Gasteiger charge is -2.22. The number of benzene rings is 1. The van der Waals surface area contributed by atoms with E-state index in [1.165, 1.54) is 5.56 Å². The molecule has 2 N–H and O–H groups in total. The van der Waals surface area contributed by atoms with Gasteiger partial charge >= 0.3 is 5.97 Å². The normalized spacial score (nSPS) is 27.4. The van der Waals surface area contributed by atoms with E-state index >= 15 is 0 Å². The van der Waals surface area contributed by atoms with Crippen LogP contribution in [-0.4, -0.2) is 16.2 Å². The van der Waals surface area contributed by atoms with Gasteiger partial charge in [-0.25, -0.2) is 0 Å². The summed E-state index contributed by atoms with van der Waals surface area (Å²) >= 11 is 0. The highest BCUT2D eigenvalue weighted by atomic mass is 16.4. The molecule has 1 fully saturated rings. The molecule has 0 spiro atoms. The summed E-state index contributed by atoms with van der Waals surface area (Å²) in [5.41, 5.74) is 2.07. The Bertz CT molecular complexity index is 452. The topological polar surface area (TPSA) is 57.5 Å². The smallest absolute Gasteiger partial charge is 0.306 e. The van der Waals surface area contributed by atoms with E-state index in [0.717, 1.165) is 24.8 Å². The Morgan fingerprint density at radius 3 is 2.40 bits per heavy atom. The van der Waals surface area contributed by atoms with Gasteiger partial charge in [0.1, 0.15) is 0 Å². The van der Waals surface area contributed by atoms with Gasteiger partial charge in [0.2, 0.25) is 0 Å². The van der Waals surface area contributed by atoms with Crippen molar-refractivity contribution in [3.05, 3.63) is 35.4 Å². The molecule has 0 bridgehead atoms. The lowest BCUT2D eigenvalue weighted by atomic mass is 9.86. The Morgan fingerprint density at radius 1 is 1.25 bits per heavy atom. The Kier molecular flexibility index (Phi) is 4.81. The first-order valence-corrected chi connectivity index (χ1v) is 7.56. The number of aliphatic carboxylic acids is 1. The van der Waals surface area contributed by atoms with Crippen LogP contribution in [0.2, 0.25) is 0 Å². The van der Waals surface area contributed by atoms with Crippen molar-refractivity contribution in [3.63, 3.8) is 0 Å². The van der Waals surface area contributed by atoms with E-state index in [-0.39, 0.29) is 5.92 Å². The number of aryl methyl sites for hydroxylation is 1. The summed E-state index contributed by atoms with van der Waals surface area (Å²) in [4.78, 5) is 11.4. The van der Waals surface area contributed by atoms with Gasteiger partial charge in [-0.2, -0.15) is 0 Å². The first-order chi connectivity index (χ1) is 9.56. The van der Waals surface area contributed by atoms with Crippen LogP contribution >= 0.6 is 0 Å².